The lowest BCUT2D eigenvalue weighted by Crippen LogP contribution is -2.02. The van der Waals surface area contributed by atoms with E-state index in [4.69, 9.17) is 16.9 Å². The molecule has 76 valence electrons. The van der Waals surface area contributed by atoms with Gasteiger partial charge in [0.2, 0.25) is 0 Å². The summed E-state index contributed by atoms with van der Waals surface area (Å²) in [6.45, 7) is 0. The Kier molecular flexibility index (Phi) is 3.90. The number of esters is 1. The molecule has 3 nitrogen and oxygen atoms in total. The van der Waals surface area contributed by atoms with Crippen LogP contribution in [0.4, 0.5) is 0 Å². The van der Waals surface area contributed by atoms with E-state index in [0.29, 0.717) is 5.02 Å². The summed E-state index contributed by atoms with van der Waals surface area (Å²) in [7, 11) is 1.23. The summed E-state index contributed by atoms with van der Waals surface area (Å²) in [6, 6.07) is 8.55. The number of nitriles is 1. The van der Waals surface area contributed by atoms with Gasteiger partial charge in [-0.15, -0.1) is 0 Å². The predicted molar refractivity (Wildman–Crippen MR) is 57.1 cm³/mol. The Morgan fingerprint density at radius 3 is 2.53 bits per heavy atom. The van der Waals surface area contributed by atoms with Gasteiger partial charge >= 0.3 is 5.97 Å². The number of carbonyl (C=O) groups excluding carboxylic acids is 1. The predicted octanol–water partition coefficient (Wildman–Crippen LogP) is 2.42. The summed E-state index contributed by atoms with van der Waals surface area (Å²) in [5.74, 6) is -0.646. The Morgan fingerprint density at radius 1 is 1.47 bits per heavy atom. The van der Waals surface area contributed by atoms with Crippen LogP contribution in [0, 0.1) is 11.3 Å². The molecule has 0 heterocycles. The molecule has 0 unspecified atom stereocenters. The van der Waals surface area contributed by atoms with E-state index in [-0.39, 0.29) is 5.57 Å². The van der Waals surface area contributed by atoms with Crippen molar-refractivity contribution in [1.29, 1.82) is 5.26 Å². The smallest absolute Gasteiger partial charge is 0.348 e. The highest BCUT2D eigenvalue weighted by Gasteiger charge is 2.07. The summed E-state index contributed by atoms with van der Waals surface area (Å²) >= 11 is 5.69. The zero-order valence-corrected chi connectivity index (χ0v) is 8.78. The fourth-order valence-electron chi connectivity index (χ4n) is 0.972. The standard InChI is InChI=1S/C11H8ClNO2/c1-15-11(14)9(7-13)6-8-2-4-10(12)5-3-8/h2-6H,1H3. The van der Waals surface area contributed by atoms with Crippen LogP contribution >= 0.6 is 11.6 Å². The van der Waals surface area contributed by atoms with Gasteiger partial charge in [-0.2, -0.15) is 5.26 Å². The highest BCUT2D eigenvalue weighted by Crippen LogP contribution is 2.12. The lowest BCUT2D eigenvalue weighted by molar-refractivity contribution is -0.135. The van der Waals surface area contributed by atoms with Crippen LogP contribution in [0.1, 0.15) is 5.56 Å². The molecule has 1 rings (SSSR count). The summed E-state index contributed by atoms with van der Waals surface area (Å²) in [6.07, 6.45) is 1.45. The maximum atomic E-state index is 11.1. The molecule has 0 aliphatic heterocycles. The monoisotopic (exact) mass is 221 g/mol. The zero-order chi connectivity index (χ0) is 11.3. The zero-order valence-electron chi connectivity index (χ0n) is 8.03. The number of rotatable bonds is 2. The second-order valence-corrected chi connectivity index (χ2v) is 3.15. The third-order valence-corrected chi connectivity index (χ3v) is 1.96. The Morgan fingerprint density at radius 2 is 2.07 bits per heavy atom. The number of methoxy groups -OCH3 is 1. The molecule has 0 fully saturated rings. The average Bonchev–Trinajstić information content (AvgIpc) is 2.27. The van der Waals surface area contributed by atoms with Crippen LogP contribution in [0.2, 0.25) is 5.02 Å². The maximum Gasteiger partial charge on any atom is 0.348 e. The van der Waals surface area contributed by atoms with E-state index in [1.807, 2.05) is 0 Å². The van der Waals surface area contributed by atoms with E-state index < -0.39 is 5.97 Å². The van der Waals surface area contributed by atoms with E-state index in [1.165, 1.54) is 13.2 Å². The molecule has 0 radical (unpaired) electrons. The number of carbonyl (C=O) groups is 1. The highest BCUT2D eigenvalue weighted by atomic mass is 35.5. The topological polar surface area (TPSA) is 50.1 Å². The van der Waals surface area contributed by atoms with Gasteiger partial charge in [-0.25, -0.2) is 4.79 Å². The molecule has 0 aliphatic carbocycles. The SMILES string of the molecule is COC(=O)C(C#N)=Cc1ccc(Cl)cc1. The quantitative estimate of drug-likeness (QED) is 0.438. The Balaban J connectivity index is 3.00. The maximum absolute atomic E-state index is 11.1. The molecule has 0 atom stereocenters. The number of benzene rings is 1. The number of nitrogens with zero attached hydrogens (tertiary/aromatic N) is 1. The van der Waals surface area contributed by atoms with Gasteiger partial charge in [0, 0.05) is 5.02 Å². The van der Waals surface area contributed by atoms with E-state index in [2.05, 4.69) is 4.74 Å². The minimum atomic E-state index is -0.646. The van der Waals surface area contributed by atoms with Gasteiger partial charge in [0.05, 0.1) is 7.11 Å². The highest BCUT2D eigenvalue weighted by molar-refractivity contribution is 6.30. The first kappa shape index (κ1) is 11.3. The summed E-state index contributed by atoms with van der Waals surface area (Å²) in [4.78, 5) is 11.1. The fraction of sp³-hybridized carbons (Fsp3) is 0.0909. The van der Waals surface area contributed by atoms with Crippen molar-refractivity contribution in [3.05, 3.63) is 40.4 Å². The molecule has 0 spiro atoms. The molecular formula is C11H8ClNO2. The van der Waals surface area contributed by atoms with Gasteiger partial charge in [-0.1, -0.05) is 23.7 Å². The normalized spacial score (nSPS) is 10.6. The van der Waals surface area contributed by atoms with Crippen molar-refractivity contribution in [3.8, 4) is 6.07 Å². The van der Waals surface area contributed by atoms with Gasteiger partial charge in [0.15, 0.2) is 0 Å². The second kappa shape index (κ2) is 5.18. The molecule has 15 heavy (non-hydrogen) atoms. The van der Waals surface area contributed by atoms with Gasteiger partial charge < -0.3 is 4.74 Å². The molecule has 0 aromatic heterocycles. The summed E-state index contributed by atoms with van der Waals surface area (Å²) in [5, 5.41) is 9.30. The van der Waals surface area contributed by atoms with Gasteiger partial charge in [0.1, 0.15) is 11.6 Å². The third-order valence-electron chi connectivity index (χ3n) is 1.71. The molecule has 4 heteroatoms. The third kappa shape index (κ3) is 3.12. The molecule has 1 aromatic carbocycles. The van der Waals surface area contributed by atoms with Crippen molar-refractivity contribution in [2.24, 2.45) is 0 Å². The van der Waals surface area contributed by atoms with Crippen molar-refractivity contribution in [1.82, 2.24) is 0 Å². The van der Waals surface area contributed by atoms with Crippen molar-refractivity contribution < 1.29 is 9.53 Å². The van der Waals surface area contributed by atoms with E-state index in [0.717, 1.165) is 5.56 Å². The largest absolute Gasteiger partial charge is 0.465 e. The molecule has 0 saturated heterocycles. The number of halogens is 1. The molecule has 0 bridgehead atoms. The molecule has 0 aliphatic rings. The number of hydrogen-bond donors (Lipinski definition) is 0. The first-order chi connectivity index (χ1) is 7.17. The fourth-order valence-corrected chi connectivity index (χ4v) is 1.10. The molecular weight excluding hydrogens is 214 g/mol. The molecule has 0 N–H and O–H groups in total. The van der Waals surface area contributed by atoms with Crippen LogP contribution in [0.5, 0.6) is 0 Å². The Labute approximate surface area is 92.5 Å². The van der Waals surface area contributed by atoms with E-state index in [1.54, 1.807) is 30.3 Å². The number of ether oxygens (including phenoxy) is 1. The van der Waals surface area contributed by atoms with Crippen molar-refractivity contribution in [3.63, 3.8) is 0 Å². The first-order valence-corrected chi connectivity index (χ1v) is 4.51. The Hall–Kier alpha value is -1.79. The average molecular weight is 222 g/mol. The molecule has 1 aromatic rings. The van der Waals surface area contributed by atoms with Crippen molar-refractivity contribution >= 4 is 23.6 Å². The van der Waals surface area contributed by atoms with E-state index in [9.17, 15) is 4.79 Å². The number of hydrogen-bond acceptors (Lipinski definition) is 3. The van der Waals surface area contributed by atoms with Gasteiger partial charge in [-0.3, -0.25) is 0 Å². The Bertz CT molecular complexity index is 429. The van der Waals surface area contributed by atoms with Crippen LogP contribution in [0.25, 0.3) is 6.08 Å². The van der Waals surface area contributed by atoms with Crippen LogP contribution in [-0.4, -0.2) is 13.1 Å². The summed E-state index contributed by atoms with van der Waals surface area (Å²) < 4.78 is 4.44. The second-order valence-electron chi connectivity index (χ2n) is 2.71. The summed E-state index contributed by atoms with van der Waals surface area (Å²) in [5.41, 5.74) is 0.682. The lowest BCUT2D eigenvalue weighted by Gasteiger charge is -1.97. The minimum absolute atomic E-state index is 0.0418. The van der Waals surface area contributed by atoms with Crippen LogP contribution in [0.15, 0.2) is 29.8 Å². The molecule has 0 amide bonds. The van der Waals surface area contributed by atoms with Gasteiger partial charge in [0.25, 0.3) is 0 Å². The van der Waals surface area contributed by atoms with Crippen LogP contribution < -0.4 is 0 Å². The van der Waals surface area contributed by atoms with Crippen molar-refractivity contribution in [2.45, 2.75) is 0 Å². The first-order valence-electron chi connectivity index (χ1n) is 4.13. The van der Waals surface area contributed by atoms with Gasteiger partial charge in [-0.05, 0) is 23.8 Å². The lowest BCUT2D eigenvalue weighted by atomic mass is 10.1. The molecule has 0 saturated carbocycles. The van der Waals surface area contributed by atoms with Crippen LogP contribution in [-0.2, 0) is 9.53 Å². The van der Waals surface area contributed by atoms with E-state index >= 15 is 0 Å². The van der Waals surface area contributed by atoms with Crippen molar-refractivity contribution in [2.75, 3.05) is 7.11 Å². The van der Waals surface area contributed by atoms with Crippen LogP contribution in [0.3, 0.4) is 0 Å². The minimum Gasteiger partial charge on any atom is -0.465 e.